The fourth-order valence-corrected chi connectivity index (χ4v) is 4.56. The number of hydrogen-bond acceptors (Lipinski definition) is 4. The van der Waals surface area contributed by atoms with Gasteiger partial charge in [-0.3, -0.25) is 9.69 Å². The van der Waals surface area contributed by atoms with Gasteiger partial charge in [-0.2, -0.15) is 0 Å². The largest absolute Gasteiger partial charge is 0.373 e. The molecule has 4 rings (SSSR count). The Morgan fingerprint density at radius 1 is 1.00 bits per heavy atom. The summed E-state index contributed by atoms with van der Waals surface area (Å²) in [6.07, 6.45) is 0.197. The molecule has 2 aliphatic rings. The molecular formula is C26H35N5O2. The van der Waals surface area contributed by atoms with E-state index in [1.165, 1.54) is 5.56 Å². The molecule has 2 unspecified atom stereocenters. The Hall–Kier alpha value is -2.90. The van der Waals surface area contributed by atoms with Gasteiger partial charge in [0.25, 0.3) is 5.91 Å². The number of nitrogens with zero attached hydrogens (tertiary/aromatic N) is 3. The smallest absolute Gasteiger partial charge is 0.251 e. The van der Waals surface area contributed by atoms with Crippen molar-refractivity contribution in [2.24, 2.45) is 4.99 Å². The number of aliphatic imine (C=N–C) groups is 1. The zero-order valence-corrected chi connectivity index (χ0v) is 19.7. The predicted octanol–water partition coefficient (Wildman–Crippen LogP) is 2.49. The van der Waals surface area contributed by atoms with E-state index in [4.69, 9.17) is 9.73 Å². The average molecular weight is 450 g/mol. The van der Waals surface area contributed by atoms with Crippen LogP contribution in [0.15, 0.2) is 59.6 Å². The van der Waals surface area contributed by atoms with Crippen molar-refractivity contribution in [3.8, 4) is 0 Å². The zero-order chi connectivity index (χ0) is 23.0. The number of ether oxygens (including phenoxy) is 1. The Balaban J connectivity index is 1.41. The molecule has 2 aromatic carbocycles. The van der Waals surface area contributed by atoms with Gasteiger partial charge in [0, 0.05) is 44.8 Å². The third-order valence-corrected chi connectivity index (χ3v) is 6.24. The molecule has 2 heterocycles. The maximum atomic E-state index is 12.0. The Morgan fingerprint density at radius 2 is 1.76 bits per heavy atom. The van der Waals surface area contributed by atoms with Gasteiger partial charge in [0.05, 0.1) is 25.3 Å². The Morgan fingerprint density at radius 3 is 2.48 bits per heavy atom. The fraction of sp³-hybridized carbons (Fsp3) is 0.462. The van der Waals surface area contributed by atoms with Gasteiger partial charge in [0.2, 0.25) is 0 Å². The molecule has 7 nitrogen and oxygen atoms in total. The fourth-order valence-electron chi connectivity index (χ4n) is 4.56. The molecule has 0 aromatic heterocycles. The molecule has 2 fully saturated rings. The maximum absolute atomic E-state index is 12.0. The van der Waals surface area contributed by atoms with E-state index < -0.39 is 0 Å². The Bertz CT molecular complexity index is 931. The van der Waals surface area contributed by atoms with Gasteiger partial charge in [-0.05, 0) is 37.1 Å². The van der Waals surface area contributed by atoms with Crippen molar-refractivity contribution in [3.05, 3.63) is 71.3 Å². The van der Waals surface area contributed by atoms with E-state index >= 15 is 0 Å². The summed E-state index contributed by atoms with van der Waals surface area (Å²) in [6, 6.07) is 18.7. The number of rotatable bonds is 7. The van der Waals surface area contributed by atoms with Gasteiger partial charge in [-0.25, -0.2) is 4.99 Å². The number of benzene rings is 2. The molecule has 2 aliphatic heterocycles. The van der Waals surface area contributed by atoms with Crippen LogP contribution in [0.2, 0.25) is 0 Å². The number of guanidine groups is 1. The predicted molar refractivity (Wildman–Crippen MR) is 131 cm³/mol. The summed E-state index contributed by atoms with van der Waals surface area (Å²) < 4.78 is 6.14. The van der Waals surface area contributed by atoms with Gasteiger partial charge < -0.3 is 20.3 Å². The Labute approximate surface area is 196 Å². The first-order valence-electron chi connectivity index (χ1n) is 12.0. The van der Waals surface area contributed by atoms with Gasteiger partial charge in [0.15, 0.2) is 5.96 Å². The molecule has 1 amide bonds. The van der Waals surface area contributed by atoms with Crippen LogP contribution in [-0.2, 0) is 17.8 Å². The number of carbonyl (C=O) groups excluding carboxylic acids is 1. The van der Waals surface area contributed by atoms with Gasteiger partial charge in [0.1, 0.15) is 0 Å². The molecule has 33 heavy (non-hydrogen) atoms. The van der Waals surface area contributed by atoms with E-state index in [1.807, 2.05) is 31.2 Å². The number of fused-ring (bicyclic) bond motifs is 1. The number of nitrogens with one attached hydrogen (secondary N) is 2. The quantitative estimate of drug-likeness (QED) is 0.502. The van der Waals surface area contributed by atoms with E-state index in [0.717, 1.165) is 50.9 Å². The summed E-state index contributed by atoms with van der Waals surface area (Å²) in [5, 5.41) is 6.28. The maximum Gasteiger partial charge on any atom is 0.251 e. The molecule has 7 heteroatoms. The van der Waals surface area contributed by atoms with Gasteiger partial charge >= 0.3 is 0 Å². The van der Waals surface area contributed by atoms with Crippen molar-refractivity contribution in [3.63, 3.8) is 0 Å². The molecule has 0 saturated carbocycles. The topological polar surface area (TPSA) is 69.2 Å². The molecule has 0 bridgehead atoms. The summed E-state index contributed by atoms with van der Waals surface area (Å²) in [6.45, 7) is 10.4. The van der Waals surface area contributed by atoms with Crippen LogP contribution in [0.3, 0.4) is 0 Å². The number of carbonyl (C=O) groups is 1. The van der Waals surface area contributed by atoms with Crippen LogP contribution < -0.4 is 10.6 Å². The van der Waals surface area contributed by atoms with Crippen molar-refractivity contribution < 1.29 is 9.53 Å². The Kier molecular flexibility index (Phi) is 7.96. The van der Waals surface area contributed by atoms with Crippen LogP contribution >= 0.6 is 0 Å². The highest BCUT2D eigenvalue weighted by Crippen LogP contribution is 2.25. The highest BCUT2D eigenvalue weighted by Gasteiger charge is 2.41. The van der Waals surface area contributed by atoms with Crippen molar-refractivity contribution >= 4 is 11.9 Å². The molecule has 0 spiro atoms. The minimum Gasteiger partial charge on any atom is -0.373 e. The lowest BCUT2D eigenvalue weighted by Crippen LogP contribution is -2.50. The zero-order valence-electron chi connectivity index (χ0n) is 19.7. The molecule has 2 saturated heterocycles. The normalized spacial score (nSPS) is 21.0. The first kappa shape index (κ1) is 23.3. The highest BCUT2D eigenvalue weighted by molar-refractivity contribution is 5.94. The summed E-state index contributed by atoms with van der Waals surface area (Å²) >= 11 is 0. The summed E-state index contributed by atoms with van der Waals surface area (Å²) in [7, 11) is 0. The monoisotopic (exact) mass is 449 g/mol. The second-order valence-corrected chi connectivity index (χ2v) is 8.56. The van der Waals surface area contributed by atoms with E-state index in [1.54, 1.807) is 0 Å². The van der Waals surface area contributed by atoms with Crippen LogP contribution in [-0.4, -0.2) is 73.1 Å². The second kappa shape index (κ2) is 11.3. The van der Waals surface area contributed by atoms with Crippen LogP contribution in [0.1, 0.15) is 35.3 Å². The second-order valence-electron chi connectivity index (χ2n) is 8.56. The minimum absolute atomic E-state index is 0.0411. The lowest BCUT2D eigenvalue weighted by atomic mass is 10.1. The number of morpholine rings is 1. The van der Waals surface area contributed by atoms with Crippen LogP contribution in [0.25, 0.3) is 0 Å². The van der Waals surface area contributed by atoms with E-state index in [2.05, 4.69) is 57.7 Å². The molecule has 2 N–H and O–H groups in total. The number of amides is 1. The molecule has 2 atom stereocenters. The standard InChI is InChI=1S/C26H35N5O2/c1-3-27-25(32)22-12-10-20(11-13-22)16-29-26(28-4-2)31-18-23-24(19-31)33-15-14-30(23)17-21-8-6-5-7-9-21/h5-13,23-24H,3-4,14-19H2,1-2H3,(H,27,32)(H,28,29). The van der Waals surface area contributed by atoms with Gasteiger partial charge in [-0.15, -0.1) is 0 Å². The third-order valence-electron chi connectivity index (χ3n) is 6.24. The number of hydrogen-bond donors (Lipinski definition) is 2. The van der Waals surface area contributed by atoms with Crippen LogP contribution in [0, 0.1) is 0 Å². The van der Waals surface area contributed by atoms with Crippen LogP contribution in [0.5, 0.6) is 0 Å². The van der Waals surface area contributed by atoms with E-state index in [-0.39, 0.29) is 12.0 Å². The summed E-state index contributed by atoms with van der Waals surface area (Å²) in [5.74, 6) is 0.878. The minimum atomic E-state index is -0.0411. The molecule has 2 aromatic rings. The first-order chi connectivity index (χ1) is 16.2. The lowest BCUT2D eigenvalue weighted by molar-refractivity contribution is -0.0502. The summed E-state index contributed by atoms with van der Waals surface area (Å²) in [4.78, 5) is 21.7. The van der Waals surface area contributed by atoms with E-state index in [9.17, 15) is 4.79 Å². The summed E-state index contributed by atoms with van der Waals surface area (Å²) in [5.41, 5.74) is 3.10. The van der Waals surface area contributed by atoms with Crippen molar-refractivity contribution in [2.45, 2.75) is 39.1 Å². The van der Waals surface area contributed by atoms with E-state index in [0.29, 0.717) is 24.7 Å². The third kappa shape index (κ3) is 5.92. The molecule has 0 radical (unpaired) electrons. The highest BCUT2D eigenvalue weighted by atomic mass is 16.5. The van der Waals surface area contributed by atoms with Crippen LogP contribution in [0.4, 0.5) is 0 Å². The molecular weight excluding hydrogens is 414 g/mol. The van der Waals surface area contributed by atoms with Crippen molar-refractivity contribution in [1.82, 2.24) is 20.4 Å². The molecule has 176 valence electrons. The van der Waals surface area contributed by atoms with Gasteiger partial charge in [-0.1, -0.05) is 42.5 Å². The van der Waals surface area contributed by atoms with Crippen molar-refractivity contribution in [1.29, 1.82) is 0 Å². The molecule has 0 aliphatic carbocycles. The van der Waals surface area contributed by atoms with Crippen molar-refractivity contribution in [2.75, 3.05) is 39.3 Å². The number of likely N-dealkylation sites (tertiary alicyclic amines) is 1. The SMILES string of the molecule is CCNC(=O)c1ccc(CN=C(NCC)N2CC3OCCN(Cc4ccccc4)C3C2)cc1. The average Bonchev–Trinajstić information content (AvgIpc) is 3.28. The first-order valence-corrected chi connectivity index (χ1v) is 12.0. The lowest BCUT2D eigenvalue weighted by Gasteiger charge is -2.36.